The van der Waals surface area contributed by atoms with E-state index in [0.29, 0.717) is 6.54 Å². The maximum Gasteiger partial charge on any atom is 0.154 e. The van der Waals surface area contributed by atoms with Gasteiger partial charge in [0.05, 0.1) is 11.0 Å². The molecule has 4 nitrogen and oxygen atoms in total. The van der Waals surface area contributed by atoms with Gasteiger partial charge < -0.3 is 9.88 Å². The summed E-state index contributed by atoms with van der Waals surface area (Å²) in [4.78, 5) is 0. The molecule has 0 saturated carbocycles. The average Bonchev–Trinajstić information content (AvgIpc) is 2.74. The first-order chi connectivity index (χ1) is 8.47. The van der Waals surface area contributed by atoms with Crippen LogP contribution in [0.2, 0.25) is 0 Å². The van der Waals surface area contributed by atoms with Gasteiger partial charge in [0.15, 0.2) is 9.84 Å². The van der Waals surface area contributed by atoms with Crippen LogP contribution in [-0.4, -0.2) is 30.5 Å². The lowest BCUT2D eigenvalue weighted by Gasteiger charge is -2.12. The molecule has 1 aromatic rings. The number of hydrogen-bond donors (Lipinski definition) is 1. The van der Waals surface area contributed by atoms with Gasteiger partial charge in [0.2, 0.25) is 0 Å². The van der Waals surface area contributed by atoms with Crippen molar-refractivity contribution < 1.29 is 8.42 Å². The third-order valence-corrected chi connectivity index (χ3v) is 5.18. The summed E-state index contributed by atoms with van der Waals surface area (Å²) in [5.41, 5.74) is 1.14. The van der Waals surface area contributed by atoms with E-state index < -0.39 is 9.84 Å². The molecule has 0 unspecified atom stereocenters. The highest BCUT2D eigenvalue weighted by Crippen LogP contribution is 2.06. The highest BCUT2D eigenvalue weighted by molar-refractivity contribution is 7.91. The van der Waals surface area contributed by atoms with E-state index in [1.165, 1.54) is 0 Å². The van der Waals surface area contributed by atoms with E-state index in [9.17, 15) is 8.42 Å². The summed E-state index contributed by atoms with van der Waals surface area (Å²) in [5.74, 6) is 0.208. The van der Waals surface area contributed by atoms with E-state index in [4.69, 9.17) is 0 Å². The number of rotatable bonds is 8. The third kappa shape index (κ3) is 4.46. The van der Waals surface area contributed by atoms with Gasteiger partial charge in [0, 0.05) is 25.0 Å². The Morgan fingerprint density at radius 2 is 2.11 bits per heavy atom. The van der Waals surface area contributed by atoms with Gasteiger partial charge in [-0.3, -0.25) is 0 Å². The SMILES string of the molecule is CCCNCc1cccn1CCS(=O)(=O)C(C)C. The summed E-state index contributed by atoms with van der Waals surface area (Å²) in [6.07, 6.45) is 3.04. The fraction of sp³-hybridized carbons (Fsp3) is 0.692. The molecule has 5 heteroatoms. The van der Waals surface area contributed by atoms with Crippen molar-refractivity contribution >= 4 is 9.84 Å². The normalized spacial score (nSPS) is 12.2. The van der Waals surface area contributed by atoms with Crippen LogP contribution in [0.4, 0.5) is 0 Å². The van der Waals surface area contributed by atoms with Crippen molar-refractivity contribution in [3.63, 3.8) is 0 Å². The molecule has 0 aliphatic carbocycles. The molecular weight excluding hydrogens is 248 g/mol. The van der Waals surface area contributed by atoms with Crippen LogP contribution >= 0.6 is 0 Å². The number of hydrogen-bond acceptors (Lipinski definition) is 3. The molecule has 0 aliphatic rings. The number of aromatic nitrogens is 1. The van der Waals surface area contributed by atoms with Gasteiger partial charge in [-0.2, -0.15) is 0 Å². The smallest absolute Gasteiger partial charge is 0.154 e. The lowest BCUT2D eigenvalue weighted by atomic mass is 10.4. The van der Waals surface area contributed by atoms with Crippen molar-refractivity contribution in [3.05, 3.63) is 24.0 Å². The molecule has 0 aliphatic heterocycles. The monoisotopic (exact) mass is 272 g/mol. The number of sulfone groups is 1. The first-order valence-electron chi connectivity index (χ1n) is 6.53. The van der Waals surface area contributed by atoms with E-state index in [1.807, 2.05) is 22.9 Å². The summed E-state index contributed by atoms with van der Waals surface area (Å²) in [5, 5.41) is 3.03. The van der Waals surface area contributed by atoms with Crippen molar-refractivity contribution in [1.82, 2.24) is 9.88 Å². The van der Waals surface area contributed by atoms with Gasteiger partial charge >= 0.3 is 0 Å². The Bertz CT molecular complexity index is 449. The van der Waals surface area contributed by atoms with Crippen molar-refractivity contribution in [2.45, 2.75) is 45.5 Å². The minimum atomic E-state index is -2.96. The molecule has 0 bridgehead atoms. The quantitative estimate of drug-likeness (QED) is 0.734. The Morgan fingerprint density at radius 1 is 1.39 bits per heavy atom. The first kappa shape index (κ1) is 15.2. The molecule has 0 atom stereocenters. The highest BCUT2D eigenvalue weighted by atomic mass is 32.2. The minimum Gasteiger partial charge on any atom is -0.349 e. The van der Waals surface area contributed by atoms with E-state index in [0.717, 1.165) is 25.2 Å². The Balaban J connectivity index is 2.55. The van der Waals surface area contributed by atoms with Crippen LogP contribution in [0.1, 0.15) is 32.9 Å². The Kier molecular flexibility index (Phi) is 5.88. The Hall–Kier alpha value is -0.810. The predicted octanol–water partition coefficient (Wildman–Crippen LogP) is 1.81. The van der Waals surface area contributed by atoms with E-state index in [2.05, 4.69) is 12.2 Å². The summed E-state index contributed by atoms with van der Waals surface area (Å²) in [6.45, 7) is 7.90. The zero-order valence-electron chi connectivity index (χ0n) is 11.5. The largest absolute Gasteiger partial charge is 0.349 e. The Labute approximate surface area is 110 Å². The molecule has 0 spiro atoms. The van der Waals surface area contributed by atoms with Gasteiger partial charge in [0.25, 0.3) is 0 Å². The van der Waals surface area contributed by atoms with Crippen LogP contribution in [-0.2, 0) is 22.9 Å². The maximum atomic E-state index is 11.8. The van der Waals surface area contributed by atoms with Gasteiger partial charge in [-0.25, -0.2) is 8.42 Å². The molecule has 0 amide bonds. The van der Waals surface area contributed by atoms with E-state index in [-0.39, 0.29) is 11.0 Å². The van der Waals surface area contributed by atoms with Crippen molar-refractivity contribution in [2.24, 2.45) is 0 Å². The van der Waals surface area contributed by atoms with E-state index >= 15 is 0 Å². The first-order valence-corrected chi connectivity index (χ1v) is 8.25. The summed E-state index contributed by atoms with van der Waals surface area (Å²) in [7, 11) is -2.96. The van der Waals surface area contributed by atoms with Crippen molar-refractivity contribution in [2.75, 3.05) is 12.3 Å². The van der Waals surface area contributed by atoms with Crippen LogP contribution in [0.3, 0.4) is 0 Å². The summed E-state index contributed by atoms with van der Waals surface area (Å²) < 4.78 is 25.6. The Morgan fingerprint density at radius 3 is 2.72 bits per heavy atom. The average molecular weight is 272 g/mol. The van der Waals surface area contributed by atoms with Crippen LogP contribution in [0.15, 0.2) is 18.3 Å². The zero-order chi connectivity index (χ0) is 13.6. The highest BCUT2D eigenvalue weighted by Gasteiger charge is 2.16. The van der Waals surface area contributed by atoms with Crippen molar-refractivity contribution in [1.29, 1.82) is 0 Å². The fourth-order valence-corrected chi connectivity index (χ4v) is 2.61. The van der Waals surface area contributed by atoms with E-state index in [1.54, 1.807) is 13.8 Å². The molecular formula is C13H24N2O2S. The molecule has 0 aromatic carbocycles. The molecule has 1 rings (SSSR count). The molecule has 1 aromatic heterocycles. The minimum absolute atomic E-state index is 0.208. The summed E-state index contributed by atoms with van der Waals surface area (Å²) >= 11 is 0. The van der Waals surface area contributed by atoms with Gasteiger partial charge in [-0.05, 0) is 38.9 Å². The second-order valence-corrected chi connectivity index (χ2v) is 7.46. The molecule has 104 valence electrons. The third-order valence-electron chi connectivity index (χ3n) is 2.99. The standard InChI is InChI=1S/C13H24N2O2S/c1-4-7-14-11-13-6-5-8-15(13)9-10-18(16,17)12(2)3/h5-6,8,12,14H,4,7,9-11H2,1-3H3. The second-order valence-electron chi connectivity index (χ2n) is 4.79. The van der Waals surface area contributed by atoms with Gasteiger partial charge in [-0.15, -0.1) is 0 Å². The van der Waals surface area contributed by atoms with Crippen LogP contribution in [0, 0.1) is 0 Å². The van der Waals surface area contributed by atoms with Crippen LogP contribution < -0.4 is 5.32 Å². The van der Waals surface area contributed by atoms with Crippen LogP contribution in [0.25, 0.3) is 0 Å². The fourth-order valence-electron chi connectivity index (χ4n) is 1.68. The maximum absolute atomic E-state index is 11.8. The molecule has 1 heterocycles. The predicted molar refractivity (Wildman–Crippen MR) is 75.4 cm³/mol. The topological polar surface area (TPSA) is 51.1 Å². The number of aryl methyl sites for hydroxylation is 1. The van der Waals surface area contributed by atoms with Gasteiger partial charge in [0.1, 0.15) is 0 Å². The molecule has 0 fully saturated rings. The second kappa shape index (κ2) is 6.95. The van der Waals surface area contributed by atoms with Gasteiger partial charge in [-0.1, -0.05) is 6.92 Å². The molecule has 0 radical (unpaired) electrons. The molecule has 0 saturated heterocycles. The lowest BCUT2D eigenvalue weighted by molar-refractivity contribution is 0.574. The zero-order valence-corrected chi connectivity index (χ0v) is 12.3. The van der Waals surface area contributed by atoms with Crippen molar-refractivity contribution in [3.8, 4) is 0 Å². The summed E-state index contributed by atoms with van der Waals surface area (Å²) in [6, 6.07) is 4.00. The lowest BCUT2D eigenvalue weighted by Crippen LogP contribution is -2.23. The van der Waals surface area contributed by atoms with Crippen LogP contribution in [0.5, 0.6) is 0 Å². The number of nitrogens with one attached hydrogen (secondary N) is 1. The number of nitrogens with zero attached hydrogens (tertiary/aromatic N) is 1. The molecule has 1 N–H and O–H groups in total. The molecule has 18 heavy (non-hydrogen) atoms.